The van der Waals surface area contributed by atoms with Crippen LogP contribution in [-0.2, 0) is 16.1 Å². The highest BCUT2D eigenvalue weighted by Gasteiger charge is 2.39. The fraction of sp³-hybridized carbons (Fsp3) is 0.600. The van der Waals surface area contributed by atoms with Crippen molar-refractivity contribution in [3.63, 3.8) is 0 Å². The van der Waals surface area contributed by atoms with Crippen LogP contribution in [0.1, 0.15) is 26.6 Å². The summed E-state index contributed by atoms with van der Waals surface area (Å²) >= 11 is 6.13. The number of carbonyl (C=O) groups is 1. The Labute approximate surface area is 174 Å². The van der Waals surface area contributed by atoms with Gasteiger partial charge in [0.05, 0.1) is 36.8 Å². The zero-order chi connectivity index (χ0) is 20.8. The minimum atomic E-state index is -0.384. The van der Waals surface area contributed by atoms with Gasteiger partial charge in [0.25, 0.3) is 0 Å². The summed E-state index contributed by atoms with van der Waals surface area (Å²) in [6, 6.07) is 3.03. The SMILES string of the molecule is CC(C)(C)NC(=O)CN1CC2COCC(C1)N2Cc1nc2c(Cl)cc(F)cc2[nH]1. The van der Waals surface area contributed by atoms with E-state index in [0.29, 0.717) is 42.4 Å². The predicted octanol–water partition coefficient (Wildman–Crippen LogP) is 2.16. The van der Waals surface area contributed by atoms with Gasteiger partial charge in [-0.15, -0.1) is 0 Å². The maximum atomic E-state index is 13.6. The number of aromatic nitrogens is 2. The van der Waals surface area contributed by atoms with Gasteiger partial charge in [-0.05, 0) is 32.9 Å². The van der Waals surface area contributed by atoms with Gasteiger partial charge >= 0.3 is 0 Å². The summed E-state index contributed by atoms with van der Waals surface area (Å²) < 4.78 is 19.4. The minimum absolute atomic E-state index is 0.0406. The summed E-state index contributed by atoms with van der Waals surface area (Å²) in [7, 11) is 0. The van der Waals surface area contributed by atoms with E-state index < -0.39 is 0 Å². The maximum absolute atomic E-state index is 13.6. The molecule has 9 heteroatoms. The molecule has 2 fully saturated rings. The lowest BCUT2D eigenvalue weighted by Crippen LogP contribution is -2.65. The summed E-state index contributed by atoms with van der Waals surface area (Å²) in [5, 5.41) is 3.33. The molecule has 2 aromatic rings. The molecule has 0 saturated carbocycles. The highest BCUT2D eigenvalue weighted by atomic mass is 35.5. The molecule has 7 nitrogen and oxygen atoms in total. The minimum Gasteiger partial charge on any atom is -0.378 e. The quantitative estimate of drug-likeness (QED) is 0.788. The normalized spacial score (nSPS) is 23.5. The van der Waals surface area contributed by atoms with Gasteiger partial charge in [0, 0.05) is 30.7 Å². The first-order chi connectivity index (χ1) is 13.7. The van der Waals surface area contributed by atoms with Crippen molar-refractivity contribution in [3.8, 4) is 0 Å². The van der Waals surface area contributed by atoms with Crippen molar-refractivity contribution >= 4 is 28.5 Å². The fourth-order valence-electron chi connectivity index (χ4n) is 4.20. The number of benzene rings is 1. The van der Waals surface area contributed by atoms with Gasteiger partial charge in [-0.3, -0.25) is 14.6 Å². The Bertz CT molecular complexity index is 898. The van der Waals surface area contributed by atoms with E-state index in [2.05, 4.69) is 25.1 Å². The number of amides is 1. The molecule has 2 aliphatic heterocycles. The fourth-order valence-corrected chi connectivity index (χ4v) is 4.45. The average Bonchev–Trinajstić information content (AvgIpc) is 2.96. The number of nitrogens with one attached hydrogen (secondary N) is 2. The van der Waals surface area contributed by atoms with Crippen molar-refractivity contribution in [2.24, 2.45) is 0 Å². The first-order valence-electron chi connectivity index (χ1n) is 9.88. The Morgan fingerprint density at radius 1 is 1.34 bits per heavy atom. The molecule has 0 aliphatic carbocycles. The molecule has 158 valence electrons. The topological polar surface area (TPSA) is 73.5 Å². The maximum Gasteiger partial charge on any atom is 0.234 e. The van der Waals surface area contributed by atoms with Gasteiger partial charge in [-0.25, -0.2) is 9.37 Å². The molecular weight excluding hydrogens is 397 g/mol. The van der Waals surface area contributed by atoms with Gasteiger partial charge in [0.15, 0.2) is 0 Å². The second-order valence-corrected chi connectivity index (χ2v) is 9.38. The number of nitrogens with zero attached hydrogens (tertiary/aromatic N) is 3. The number of hydrogen-bond donors (Lipinski definition) is 2. The molecule has 3 heterocycles. The number of halogens is 2. The third-order valence-corrected chi connectivity index (χ3v) is 5.55. The largest absolute Gasteiger partial charge is 0.378 e. The van der Waals surface area contributed by atoms with Crippen molar-refractivity contribution in [3.05, 3.63) is 28.8 Å². The molecular formula is C20H27ClFN5O2. The Hall–Kier alpha value is -1.74. The van der Waals surface area contributed by atoms with Crippen molar-refractivity contribution < 1.29 is 13.9 Å². The van der Waals surface area contributed by atoms with E-state index in [1.54, 1.807) is 0 Å². The van der Waals surface area contributed by atoms with Gasteiger partial charge in [-0.1, -0.05) is 11.6 Å². The zero-order valence-electron chi connectivity index (χ0n) is 17.0. The number of carbonyl (C=O) groups excluding carboxylic acids is 1. The molecule has 2 unspecified atom stereocenters. The monoisotopic (exact) mass is 423 g/mol. The summed E-state index contributed by atoms with van der Waals surface area (Å²) in [5.41, 5.74) is 0.950. The van der Waals surface area contributed by atoms with E-state index in [0.717, 1.165) is 18.9 Å². The van der Waals surface area contributed by atoms with Gasteiger partial charge in [0.1, 0.15) is 17.2 Å². The molecule has 4 rings (SSSR count). The summed E-state index contributed by atoms with van der Waals surface area (Å²) in [6.45, 7) is 9.68. The second-order valence-electron chi connectivity index (χ2n) is 8.98. The van der Waals surface area contributed by atoms with Crippen LogP contribution in [0.25, 0.3) is 11.0 Å². The molecule has 1 amide bonds. The Balaban J connectivity index is 1.45. The number of fused-ring (bicyclic) bond motifs is 3. The van der Waals surface area contributed by atoms with Crippen molar-refractivity contribution in [2.75, 3.05) is 32.8 Å². The van der Waals surface area contributed by atoms with Gasteiger partial charge in [-0.2, -0.15) is 0 Å². The second kappa shape index (κ2) is 7.83. The first-order valence-corrected chi connectivity index (χ1v) is 10.3. The average molecular weight is 424 g/mol. The molecule has 0 radical (unpaired) electrons. The van der Waals surface area contributed by atoms with Crippen LogP contribution in [0.15, 0.2) is 12.1 Å². The molecule has 2 N–H and O–H groups in total. The highest BCUT2D eigenvalue weighted by molar-refractivity contribution is 6.34. The van der Waals surface area contributed by atoms with Gasteiger partial charge in [0.2, 0.25) is 5.91 Å². The van der Waals surface area contributed by atoms with Gasteiger partial charge < -0.3 is 15.0 Å². The summed E-state index contributed by atoms with van der Waals surface area (Å²) in [5.74, 6) is 0.410. The van der Waals surface area contributed by atoms with E-state index in [4.69, 9.17) is 16.3 Å². The molecule has 2 atom stereocenters. The Morgan fingerprint density at radius 2 is 2.03 bits per heavy atom. The molecule has 29 heavy (non-hydrogen) atoms. The molecule has 2 saturated heterocycles. The number of imidazole rings is 1. The Morgan fingerprint density at radius 3 is 2.69 bits per heavy atom. The zero-order valence-corrected chi connectivity index (χ0v) is 17.7. The van der Waals surface area contributed by atoms with Crippen LogP contribution in [0.5, 0.6) is 0 Å². The van der Waals surface area contributed by atoms with Crippen LogP contribution in [0.3, 0.4) is 0 Å². The van der Waals surface area contributed by atoms with E-state index in [1.165, 1.54) is 12.1 Å². The lowest BCUT2D eigenvalue weighted by atomic mass is 10.0. The van der Waals surface area contributed by atoms with Crippen LogP contribution in [0.2, 0.25) is 5.02 Å². The molecule has 2 aliphatic rings. The van der Waals surface area contributed by atoms with Crippen molar-refractivity contribution in [1.29, 1.82) is 0 Å². The molecule has 2 bridgehead atoms. The standard InChI is InChI=1S/C20H27ClFN5O2/c1-20(2,3)25-18(28)9-26-6-13-10-29-11-14(7-26)27(13)8-17-23-16-5-12(22)4-15(21)19(16)24-17/h4-5,13-14H,6-11H2,1-3H3,(H,23,24)(H,25,28). The van der Waals surface area contributed by atoms with E-state index in [-0.39, 0.29) is 29.3 Å². The van der Waals surface area contributed by atoms with E-state index in [1.807, 2.05) is 20.8 Å². The van der Waals surface area contributed by atoms with Crippen LogP contribution in [-0.4, -0.2) is 76.1 Å². The lowest BCUT2D eigenvalue weighted by molar-refractivity contribution is -0.130. The smallest absolute Gasteiger partial charge is 0.234 e. The number of rotatable bonds is 4. The number of morpholine rings is 1. The van der Waals surface area contributed by atoms with Crippen LogP contribution >= 0.6 is 11.6 Å². The van der Waals surface area contributed by atoms with Crippen LogP contribution in [0, 0.1) is 5.82 Å². The number of H-pyrrole nitrogens is 1. The van der Waals surface area contributed by atoms with Crippen LogP contribution in [0.4, 0.5) is 4.39 Å². The molecule has 1 aromatic carbocycles. The third kappa shape index (κ3) is 4.71. The number of ether oxygens (including phenoxy) is 1. The number of piperazine rings is 1. The summed E-state index contributed by atoms with van der Waals surface area (Å²) in [6.07, 6.45) is 0. The number of aromatic amines is 1. The molecule has 1 aromatic heterocycles. The lowest BCUT2D eigenvalue weighted by Gasteiger charge is -2.49. The predicted molar refractivity (Wildman–Crippen MR) is 109 cm³/mol. The van der Waals surface area contributed by atoms with Crippen molar-refractivity contribution in [1.82, 2.24) is 25.1 Å². The molecule has 0 spiro atoms. The van der Waals surface area contributed by atoms with E-state index >= 15 is 0 Å². The van der Waals surface area contributed by atoms with Crippen molar-refractivity contribution in [2.45, 2.75) is 44.9 Å². The third-order valence-electron chi connectivity index (χ3n) is 5.26. The first kappa shape index (κ1) is 20.5. The van der Waals surface area contributed by atoms with E-state index in [9.17, 15) is 9.18 Å². The highest BCUT2D eigenvalue weighted by Crippen LogP contribution is 2.26. The summed E-state index contributed by atoms with van der Waals surface area (Å²) in [4.78, 5) is 24.6. The number of hydrogen-bond acceptors (Lipinski definition) is 5. The Kier molecular flexibility index (Phi) is 5.54. The van der Waals surface area contributed by atoms with Crippen LogP contribution < -0.4 is 5.32 Å².